The highest BCUT2D eigenvalue weighted by molar-refractivity contribution is 6.30. The maximum atomic E-state index is 12.5. The van der Waals surface area contributed by atoms with Crippen molar-refractivity contribution in [3.05, 3.63) is 28.8 Å². The summed E-state index contributed by atoms with van der Waals surface area (Å²) in [5.41, 5.74) is -0.250. The van der Waals surface area contributed by atoms with E-state index in [4.69, 9.17) is 11.6 Å². The zero-order chi connectivity index (χ0) is 18.3. The Morgan fingerprint density at radius 2 is 2.08 bits per heavy atom. The molecule has 0 aliphatic heterocycles. The van der Waals surface area contributed by atoms with Crippen LogP contribution in [-0.4, -0.2) is 36.4 Å². The van der Waals surface area contributed by atoms with Gasteiger partial charge in [0.1, 0.15) is 5.75 Å². The quantitative estimate of drug-likeness (QED) is 0.505. The van der Waals surface area contributed by atoms with E-state index in [1.165, 1.54) is 12.1 Å². The van der Waals surface area contributed by atoms with Crippen molar-refractivity contribution < 1.29 is 18.6 Å². The lowest BCUT2D eigenvalue weighted by Crippen LogP contribution is -2.46. The Morgan fingerprint density at radius 3 is 2.72 bits per heavy atom. The van der Waals surface area contributed by atoms with Crippen molar-refractivity contribution in [2.45, 2.75) is 51.4 Å². The first-order valence-corrected chi connectivity index (χ1v) is 8.77. The third-order valence-corrected chi connectivity index (χ3v) is 4.34. The van der Waals surface area contributed by atoms with Gasteiger partial charge in [0.25, 0.3) is 0 Å². The maximum absolute atomic E-state index is 12.5. The Morgan fingerprint density at radius 1 is 1.36 bits per heavy atom. The van der Waals surface area contributed by atoms with E-state index in [-0.39, 0.29) is 12.3 Å². The van der Waals surface area contributed by atoms with Crippen LogP contribution in [0.1, 0.15) is 38.2 Å². The average molecular weight is 376 g/mol. The van der Waals surface area contributed by atoms with Crippen LogP contribution in [0.2, 0.25) is 5.02 Å². The molecule has 0 atom stereocenters. The monoisotopic (exact) mass is 375 g/mol. The van der Waals surface area contributed by atoms with Gasteiger partial charge in [-0.05, 0) is 38.0 Å². The van der Waals surface area contributed by atoms with Crippen molar-refractivity contribution >= 4 is 17.6 Å². The van der Waals surface area contributed by atoms with Gasteiger partial charge in [-0.2, -0.15) is 8.78 Å². The van der Waals surface area contributed by atoms with Crippen LogP contribution >= 0.6 is 11.6 Å². The molecule has 0 saturated heterocycles. The molecule has 1 aliphatic carbocycles. The fraction of sp³-hybridized carbons (Fsp3) is 0.588. The Kier molecular flexibility index (Phi) is 7.25. The van der Waals surface area contributed by atoms with Crippen molar-refractivity contribution in [3.63, 3.8) is 0 Å². The predicted octanol–water partition coefficient (Wildman–Crippen LogP) is 3.30. The second-order valence-electron chi connectivity index (χ2n) is 6.11. The molecule has 1 aromatic rings. The van der Waals surface area contributed by atoms with Crippen LogP contribution in [0.5, 0.6) is 5.75 Å². The first-order valence-electron chi connectivity index (χ1n) is 8.40. The first-order chi connectivity index (χ1) is 11.9. The molecule has 0 aromatic heterocycles. The topological polar surface area (TPSA) is 65.9 Å². The van der Waals surface area contributed by atoms with Crippen molar-refractivity contribution in [1.29, 1.82) is 0 Å². The molecular formula is C17H24ClF2N3O2. The SMILES string of the molecule is CCNC(=NCc1cc(Cl)ccc1OC(F)F)NCC1(O)CCCC1. The number of halogens is 3. The first kappa shape index (κ1) is 19.7. The third-order valence-electron chi connectivity index (χ3n) is 4.11. The maximum Gasteiger partial charge on any atom is 0.387 e. The minimum Gasteiger partial charge on any atom is -0.434 e. The smallest absolute Gasteiger partial charge is 0.387 e. The molecule has 1 aliphatic rings. The predicted molar refractivity (Wildman–Crippen MR) is 94.3 cm³/mol. The Bertz CT molecular complexity index is 593. The molecule has 0 radical (unpaired) electrons. The molecule has 8 heteroatoms. The van der Waals surface area contributed by atoms with Crippen molar-refractivity contribution in [1.82, 2.24) is 10.6 Å². The van der Waals surface area contributed by atoms with Gasteiger partial charge in [0.05, 0.1) is 12.1 Å². The molecule has 1 saturated carbocycles. The van der Waals surface area contributed by atoms with E-state index in [0.29, 0.717) is 29.6 Å². The van der Waals surface area contributed by atoms with E-state index in [1.54, 1.807) is 6.07 Å². The second kappa shape index (κ2) is 9.20. The van der Waals surface area contributed by atoms with Gasteiger partial charge >= 0.3 is 6.61 Å². The van der Waals surface area contributed by atoms with E-state index >= 15 is 0 Å². The molecular weight excluding hydrogens is 352 g/mol. The summed E-state index contributed by atoms with van der Waals surface area (Å²) in [5, 5.41) is 17.0. The number of ether oxygens (including phenoxy) is 1. The summed E-state index contributed by atoms with van der Waals surface area (Å²) in [5.74, 6) is 0.555. The average Bonchev–Trinajstić information content (AvgIpc) is 2.99. The molecule has 25 heavy (non-hydrogen) atoms. The highest BCUT2D eigenvalue weighted by Crippen LogP contribution is 2.28. The summed E-state index contributed by atoms with van der Waals surface area (Å²) in [7, 11) is 0. The number of hydrogen-bond acceptors (Lipinski definition) is 3. The number of nitrogens with zero attached hydrogens (tertiary/aromatic N) is 1. The largest absolute Gasteiger partial charge is 0.434 e. The summed E-state index contributed by atoms with van der Waals surface area (Å²) in [6, 6.07) is 4.45. The Balaban J connectivity index is 2.06. The van der Waals surface area contributed by atoms with Crippen LogP contribution in [-0.2, 0) is 6.54 Å². The van der Waals surface area contributed by atoms with Gasteiger partial charge in [-0.1, -0.05) is 24.4 Å². The molecule has 3 N–H and O–H groups in total. The summed E-state index contributed by atoms with van der Waals surface area (Å²) >= 11 is 5.94. The van der Waals surface area contributed by atoms with E-state index < -0.39 is 12.2 Å². The van der Waals surface area contributed by atoms with E-state index in [2.05, 4.69) is 20.4 Å². The number of aliphatic imine (C=N–C) groups is 1. The number of guanidine groups is 1. The molecule has 0 spiro atoms. The second-order valence-corrected chi connectivity index (χ2v) is 6.55. The normalized spacial score (nSPS) is 17.0. The Hall–Kier alpha value is -1.60. The molecule has 0 unspecified atom stereocenters. The number of nitrogens with one attached hydrogen (secondary N) is 2. The van der Waals surface area contributed by atoms with Crippen LogP contribution in [0, 0.1) is 0 Å². The minimum atomic E-state index is -2.91. The lowest BCUT2D eigenvalue weighted by atomic mass is 10.0. The van der Waals surface area contributed by atoms with Gasteiger partial charge in [0.15, 0.2) is 5.96 Å². The van der Waals surface area contributed by atoms with Crippen LogP contribution in [0.15, 0.2) is 23.2 Å². The molecule has 0 bridgehead atoms. The van der Waals surface area contributed by atoms with Gasteiger partial charge in [-0.15, -0.1) is 0 Å². The summed E-state index contributed by atoms with van der Waals surface area (Å²) in [6.45, 7) is 0.171. The van der Waals surface area contributed by atoms with Gasteiger partial charge in [-0.3, -0.25) is 0 Å². The molecule has 5 nitrogen and oxygen atoms in total. The van der Waals surface area contributed by atoms with Crippen LogP contribution in [0.4, 0.5) is 8.78 Å². The van der Waals surface area contributed by atoms with Crippen molar-refractivity contribution in [2.24, 2.45) is 4.99 Å². The lowest BCUT2D eigenvalue weighted by molar-refractivity contribution is -0.0504. The van der Waals surface area contributed by atoms with Gasteiger partial charge in [0.2, 0.25) is 0 Å². The highest BCUT2D eigenvalue weighted by atomic mass is 35.5. The van der Waals surface area contributed by atoms with E-state index in [1.807, 2.05) is 6.92 Å². The molecule has 0 heterocycles. The molecule has 1 aromatic carbocycles. The lowest BCUT2D eigenvalue weighted by Gasteiger charge is -2.23. The van der Waals surface area contributed by atoms with Gasteiger partial charge in [-0.25, -0.2) is 4.99 Å². The summed E-state index contributed by atoms with van der Waals surface area (Å²) < 4.78 is 29.5. The number of hydrogen-bond donors (Lipinski definition) is 3. The zero-order valence-electron chi connectivity index (χ0n) is 14.2. The van der Waals surface area contributed by atoms with Gasteiger partial charge in [0, 0.05) is 23.7 Å². The fourth-order valence-corrected chi connectivity index (χ4v) is 3.04. The fourth-order valence-electron chi connectivity index (χ4n) is 2.85. The molecule has 140 valence electrons. The summed E-state index contributed by atoms with van der Waals surface area (Å²) in [4.78, 5) is 4.38. The standard InChI is InChI=1S/C17H24ClF2N3O2/c1-2-21-16(23-11-17(24)7-3-4-8-17)22-10-12-9-13(18)5-6-14(12)25-15(19)20/h5-6,9,15,24H,2-4,7-8,10-11H2,1H3,(H2,21,22,23). The Labute approximate surface area is 151 Å². The van der Waals surface area contributed by atoms with E-state index in [9.17, 15) is 13.9 Å². The van der Waals surface area contributed by atoms with Crippen molar-refractivity contribution in [3.8, 4) is 5.75 Å². The van der Waals surface area contributed by atoms with Crippen LogP contribution in [0.3, 0.4) is 0 Å². The zero-order valence-corrected chi connectivity index (χ0v) is 15.0. The number of benzene rings is 1. The number of aliphatic hydroxyl groups is 1. The minimum absolute atomic E-state index is 0.0495. The summed E-state index contributed by atoms with van der Waals surface area (Å²) in [6.07, 6.45) is 3.56. The molecule has 1 fully saturated rings. The van der Waals surface area contributed by atoms with Crippen LogP contribution in [0.25, 0.3) is 0 Å². The van der Waals surface area contributed by atoms with Crippen molar-refractivity contribution in [2.75, 3.05) is 13.1 Å². The van der Waals surface area contributed by atoms with E-state index in [0.717, 1.165) is 25.7 Å². The molecule has 0 amide bonds. The number of rotatable bonds is 7. The molecule has 2 rings (SSSR count). The highest BCUT2D eigenvalue weighted by Gasteiger charge is 2.30. The third kappa shape index (κ3) is 6.32. The van der Waals surface area contributed by atoms with Gasteiger partial charge < -0.3 is 20.5 Å². The van der Waals surface area contributed by atoms with Crippen LogP contribution < -0.4 is 15.4 Å². The number of alkyl halides is 2.